The van der Waals surface area contributed by atoms with Crippen LogP contribution in [0.25, 0.3) is 5.69 Å². The molecule has 1 saturated heterocycles. The molecule has 2 saturated carbocycles. The van der Waals surface area contributed by atoms with Gasteiger partial charge in [0.05, 0.1) is 23.6 Å². The average Bonchev–Trinajstić information content (AvgIpc) is 3.21. The van der Waals surface area contributed by atoms with Crippen LogP contribution in [0.1, 0.15) is 70.1 Å². The number of piperidine rings is 1. The lowest BCUT2D eigenvalue weighted by atomic mass is 9.97. The summed E-state index contributed by atoms with van der Waals surface area (Å²) in [4.78, 5) is 27.7. The molecule has 0 spiro atoms. The fourth-order valence-electron chi connectivity index (χ4n) is 5.28. The van der Waals surface area contributed by atoms with Gasteiger partial charge in [-0.1, -0.05) is 17.3 Å². The number of ether oxygens (including phenoxy) is 1. The van der Waals surface area contributed by atoms with Crippen molar-refractivity contribution in [3.8, 4) is 11.8 Å². The highest BCUT2D eigenvalue weighted by atomic mass is 16.6. The van der Waals surface area contributed by atoms with Crippen molar-refractivity contribution < 1.29 is 14.3 Å². The zero-order valence-electron chi connectivity index (χ0n) is 20.5. The lowest BCUT2D eigenvalue weighted by Gasteiger charge is -2.35. The number of aromatic nitrogens is 3. The van der Waals surface area contributed by atoms with Crippen molar-refractivity contribution in [1.29, 1.82) is 5.26 Å². The van der Waals surface area contributed by atoms with Crippen LogP contribution >= 0.6 is 0 Å². The topological polar surface area (TPSA) is 113 Å². The molecular weight excluding hydrogens is 444 g/mol. The molecule has 35 heavy (non-hydrogen) atoms. The van der Waals surface area contributed by atoms with Gasteiger partial charge in [-0.05, 0) is 76.5 Å². The summed E-state index contributed by atoms with van der Waals surface area (Å²) in [5.74, 6) is 0.375. The highest BCUT2D eigenvalue weighted by Crippen LogP contribution is 2.43. The number of hydrogen-bond donors (Lipinski definition) is 1. The van der Waals surface area contributed by atoms with E-state index in [1.165, 1.54) is 12.8 Å². The van der Waals surface area contributed by atoms with Crippen LogP contribution in [-0.2, 0) is 16.0 Å². The van der Waals surface area contributed by atoms with Gasteiger partial charge in [0.15, 0.2) is 0 Å². The number of carbonyl (C=O) groups excluding carboxylic acids is 2. The third-order valence-electron chi connectivity index (χ3n) is 7.08. The zero-order chi connectivity index (χ0) is 24.7. The fourth-order valence-corrected chi connectivity index (χ4v) is 5.28. The van der Waals surface area contributed by atoms with Crippen LogP contribution in [0.4, 0.5) is 4.79 Å². The SMILES string of the molecule is CC(C)(C)OC(=O)N1C2CCC(C2)C1C(=O)NC(C#N)Cc1ccc(-n2cc(C3CC3)nn2)cc1. The van der Waals surface area contributed by atoms with Gasteiger partial charge in [0.2, 0.25) is 5.91 Å². The minimum atomic E-state index is -0.694. The minimum absolute atomic E-state index is 0.0240. The first kappa shape index (κ1) is 23.3. The predicted octanol–water partition coefficient (Wildman–Crippen LogP) is 3.48. The van der Waals surface area contributed by atoms with Gasteiger partial charge in [0.25, 0.3) is 0 Å². The molecule has 3 fully saturated rings. The van der Waals surface area contributed by atoms with Crippen molar-refractivity contribution in [2.24, 2.45) is 5.92 Å². The Morgan fingerprint density at radius 2 is 1.94 bits per heavy atom. The summed E-state index contributed by atoms with van der Waals surface area (Å²) < 4.78 is 7.34. The van der Waals surface area contributed by atoms with E-state index < -0.39 is 23.8 Å². The van der Waals surface area contributed by atoms with Crippen LogP contribution in [0.2, 0.25) is 0 Å². The Labute approximate surface area is 205 Å². The van der Waals surface area contributed by atoms with Gasteiger partial charge in [0.1, 0.15) is 17.7 Å². The number of fused-ring (bicyclic) bond motifs is 2. The van der Waals surface area contributed by atoms with Crippen LogP contribution in [0.15, 0.2) is 30.5 Å². The number of benzene rings is 1. The van der Waals surface area contributed by atoms with Gasteiger partial charge < -0.3 is 10.1 Å². The Morgan fingerprint density at radius 1 is 1.20 bits per heavy atom. The second-order valence-corrected chi connectivity index (χ2v) is 11.0. The average molecular weight is 477 g/mol. The van der Waals surface area contributed by atoms with E-state index in [0.717, 1.165) is 36.2 Å². The van der Waals surface area contributed by atoms with Crippen molar-refractivity contribution in [1.82, 2.24) is 25.2 Å². The summed E-state index contributed by atoms with van der Waals surface area (Å²) in [5, 5.41) is 21.1. The Kier molecular flexibility index (Phi) is 5.99. The Bertz CT molecular complexity index is 1140. The molecule has 4 unspecified atom stereocenters. The smallest absolute Gasteiger partial charge is 0.411 e. The number of nitrogens with zero attached hydrogens (tertiary/aromatic N) is 5. The third kappa shape index (κ3) is 5.02. The Balaban J connectivity index is 1.22. The van der Waals surface area contributed by atoms with E-state index in [0.29, 0.717) is 12.3 Å². The number of nitrogens with one attached hydrogen (secondary N) is 1. The molecular formula is C26H32N6O3. The van der Waals surface area contributed by atoms with E-state index >= 15 is 0 Å². The molecule has 2 aromatic rings. The minimum Gasteiger partial charge on any atom is -0.444 e. The largest absolute Gasteiger partial charge is 0.444 e. The lowest BCUT2D eigenvalue weighted by molar-refractivity contribution is -0.128. The lowest BCUT2D eigenvalue weighted by Crippen LogP contribution is -2.55. The van der Waals surface area contributed by atoms with Crippen LogP contribution in [0.3, 0.4) is 0 Å². The summed E-state index contributed by atoms with van der Waals surface area (Å²) in [5.41, 5.74) is 2.23. The van der Waals surface area contributed by atoms with Crippen LogP contribution in [0, 0.1) is 17.2 Å². The monoisotopic (exact) mass is 476 g/mol. The maximum Gasteiger partial charge on any atom is 0.411 e. The summed E-state index contributed by atoms with van der Waals surface area (Å²) in [7, 11) is 0. The first-order valence-electron chi connectivity index (χ1n) is 12.4. The quantitative estimate of drug-likeness (QED) is 0.683. The van der Waals surface area contributed by atoms with Crippen LogP contribution in [-0.4, -0.2) is 55.6 Å². The van der Waals surface area contributed by atoms with Crippen molar-refractivity contribution in [3.05, 3.63) is 41.7 Å². The highest BCUT2D eigenvalue weighted by molar-refractivity contribution is 5.87. The van der Waals surface area contributed by atoms with Gasteiger partial charge in [0, 0.05) is 18.4 Å². The molecule has 4 atom stereocenters. The number of amides is 2. The van der Waals surface area contributed by atoms with Gasteiger partial charge in [-0.15, -0.1) is 5.10 Å². The molecule has 0 radical (unpaired) electrons. The standard InChI is InChI=1S/C26H32N6O3/c1-26(2,3)35-25(34)32-21-11-8-18(13-21)23(32)24(33)28-19(14-27)12-16-4-9-20(10-5-16)31-15-22(29-30-31)17-6-7-17/h4-5,9-10,15,17-19,21,23H,6-8,11-13H2,1-3H3,(H,28,33). The van der Waals surface area contributed by atoms with E-state index in [9.17, 15) is 14.9 Å². The van der Waals surface area contributed by atoms with Crippen LogP contribution < -0.4 is 5.32 Å². The molecule has 2 aliphatic carbocycles. The molecule has 9 nitrogen and oxygen atoms in total. The molecule has 1 aromatic carbocycles. The molecule has 2 bridgehead atoms. The predicted molar refractivity (Wildman–Crippen MR) is 128 cm³/mol. The number of carbonyl (C=O) groups is 2. The third-order valence-corrected chi connectivity index (χ3v) is 7.08. The number of nitriles is 1. The molecule has 2 amide bonds. The fraction of sp³-hybridized carbons (Fsp3) is 0.577. The molecule has 1 N–H and O–H groups in total. The maximum absolute atomic E-state index is 13.2. The molecule has 2 heterocycles. The summed E-state index contributed by atoms with van der Waals surface area (Å²) in [6, 6.07) is 8.71. The molecule has 1 aromatic heterocycles. The maximum atomic E-state index is 13.2. The number of hydrogen-bond acceptors (Lipinski definition) is 6. The van der Waals surface area contributed by atoms with Gasteiger partial charge in [-0.2, -0.15) is 5.26 Å². The van der Waals surface area contributed by atoms with Gasteiger partial charge in [-0.3, -0.25) is 9.69 Å². The van der Waals surface area contributed by atoms with E-state index in [4.69, 9.17) is 4.74 Å². The summed E-state index contributed by atoms with van der Waals surface area (Å²) in [6.07, 6.45) is 6.85. The number of rotatable bonds is 6. The second-order valence-electron chi connectivity index (χ2n) is 11.0. The summed E-state index contributed by atoms with van der Waals surface area (Å²) >= 11 is 0. The Morgan fingerprint density at radius 3 is 2.60 bits per heavy atom. The Hall–Kier alpha value is -3.41. The van der Waals surface area contributed by atoms with Crippen molar-refractivity contribution in [2.75, 3.05) is 0 Å². The van der Waals surface area contributed by atoms with Crippen molar-refractivity contribution >= 4 is 12.0 Å². The van der Waals surface area contributed by atoms with Gasteiger partial charge >= 0.3 is 6.09 Å². The molecule has 5 rings (SSSR count). The molecule has 184 valence electrons. The normalized spacial score (nSPS) is 24.2. The second kappa shape index (κ2) is 8.99. The highest BCUT2D eigenvalue weighted by Gasteiger charge is 2.52. The molecule has 3 aliphatic rings. The van der Waals surface area contributed by atoms with E-state index in [2.05, 4.69) is 21.7 Å². The van der Waals surface area contributed by atoms with Gasteiger partial charge in [-0.25, -0.2) is 9.48 Å². The van der Waals surface area contributed by atoms with E-state index in [1.54, 1.807) is 9.58 Å². The van der Waals surface area contributed by atoms with Crippen molar-refractivity contribution in [2.45, 2.75) is 88.9 Å². The van der Waals surface area contributed by atoms with Crippen molar-refractivity contribution in [3.63, 3.8) is 0 Å². The summed E-state index contributed by atoms with van der Waals surface area (Å²) in [6.45, 7) is 5.46. The molecule has 1 aliphatic heterocycles. The van der Waals surface area contributed by atoms with Crippen LogP contribution in [0.5, 0.6) is 0 Å². The molecule has 9 heteroatoms. The first-order chi connectivity index (χ1) is 16.7. The van der Waals surface area contributed by atoms with E-state index in [-0.39, 0.29) is 17.9 Å². The number of likely N-dealkylation sites (tertiary alicyclic amines) is 1. The van der Waals surface area contributed by atoms with E-state index in [1.807, 2.05) is 51.2 Å². The first-order valence-corrected chi connectivity index (χ1v) is 12.4. The zero-order valence-corrected chi connectivity index (χ0v) is 20.5.